The van der Waals surface area contributed by atoms with Gasteiger partial charge in [0.15, 0.2) is 5.17 Å². The number of carbonyl (C=O) groups is 1. The number of hydrogen-bond acceptors (Lipinski definition) is 6. The third-order valence-electron chi connectivity index (χ3n) is 5.29. The van der Waals surface area contributed by atoms with E-state index in [0.717, 1.165) is 32.2 Å². The molecule has 2 aromatic rings. The van der Waals surface area contributed by atoms with Crippen molar-refractivity contribution in [3.8, 4) is 0 Å². The highest BCUT2D eigenvalue weighted by molar-refractivity contribution is 9.10. The molecule has 0 saturated carbocycles. The number of thioether (sulfide) groups is 1. The highest BCUT2D eigenvalue weighted by Crippen LogP contribution is 2.47. The van der Waals surface area contributed by atoms with Gasteiger partial charge in [0, 0.05) is 29.7 Å². The number of benzene rings is 2. The van der Waals surface area contributed by atoms with Crippen molar-refractivity contribution in [1.82, 2.24) is 4.90 Å². The first-order valence-electron chi connectivity index (χ1n) is 10.1. The van der Waals surface area contributed by atoms with E-state index in [1.807, 2.05) is 40.1 Å². The molecule has 0 unspecified atom stereocenters. The Morgan fingerprint density at radius 3 is 2.45 bits per heavy atom. The van der Waals surface area contributed by atoms with Crippen LogP contribution in [0.25, 0.3) is 5.70 Å². The molecular formula is C24H24BrN3O2S. The van der Waals surface area contributed by atoms with Crippen LogP contribution in [0.3, 0.4) is 0 Å². The van der Waals surface area contributed by atoms with E-state index < -0.39 is 0 Å². The van der Waals surface area contributed by atoms with E-state index in [-0.39, 0.29) is 12.0 Å². The molecule has 2 aromatic carbocycles. The van der Waals surface area contributed by atoms with Crippen molar-refractivity contribution in [3.63, 3.8) is 0 Å². The SMILES string of the molecule is CCOC(=O)C1=C(C)N=C2SC=C(c3ccc(Br)cc3)N2[C@@H]1c1ccc(N(C)C)cc1. The Kier molecular flexibility index (Phi) is 6.25. The smallest absolute Gasteiger partial charge is 0.338 e. The summed E-state index contributed by atoms with van der Waals surface area (Å²) >= 11 is 5.09. The van der Waals surface area contributed by atoms with Crippen LogP contribution in [0.1, 0.15) is 31.0 Å². The van der Waals surface area contributed by atoms with Gasteiger partial charge in [0.05, 0.1) is 29.6 Å². The van der Waals surface area contributed by atoms with Gasteiger partial charge in [-0.15, -0.1) is 0 Å². The Morgan fingerprint density at radius 2 is 1.84 bits per heavy atom. The fraction of sp³-hybridized carbons (Fsp3) is 0.250. The molecule has 0 N–H and O–H groups in total. The molecule has 2 aliphatic rings. The second-order valence-corrected chi connectivity index (χ2v) is 9.25. The van der Waals surface area contributed by atoms with Crippen LogP contribution in [-0.4, -0.2) is 36.7 Å². The van der Waals surface area contributed by atoms with Gasteiger partial charge in [-0.05, 0) is 49.2 Å². The molecule has 0 saturated heterocycles. The molecular weight excluding hydrogens is 474 g/mol. The van der Waals surface area contributed by atoms with Crippen molar-refractivity contribution in [3.05, 3.63) is 80.8 Å². The van der Waals surface area contributed by atoms with Gasteiger partial charge in [-0.25, -0.2) is 9.79 Å². The lowest BCUT2D eigenvalue weighted by molar-refractivity contribution is -0.139. The summed E-state index contributed by atoms with van der Waals surface area (Å²) in [5.41, 5.74) is 5.49. The van der Waals surface area contributed by atoms with Gasteiger partial charge < -0.3 is 14.5 Å². The van der Waals surface area contributed by atoms with E-state index in [1.54, 1.807) is 11.8 Å². The van der Waals surface area contributed by atoms with Gasteiger partial charge >= 0.3 is 5.97 Å². The number of halogens is 1. The molecule has 7 heteroatoms. The van der Waals surface area contributed by atoms with Crippen LogP contribution in [0.2, 0.25) is 0 Å². The molecule has 0 fully saturated rings. The maximum atomic E-state index is 13.0. The summed E-state index contributed by atoms with van der Waals surface area (Å²) in [6.07, 6.45) is 0. The molecule has 0 radical (unpaired) electrons. The Labute approximate surface area is 195 Å². The van der Waals surface area contributed by atoms with Crippen LogP contribution < -0.4 is 4.90 Å². The van der Waals surface area contributed by atoms with Gasteiger partial charge in [0.2, 0.25) is 0 Å². The van der Waals surface area contributed by atoms with Gasteiger partial charge in [0.1, 0.15) is 0 Å². The average Bonchev–Trinajstić information content (AvgIpc) is 3.17. The minimum atomic E-state index is -0.323. The number of hydrogen-bond donors (Lipinski definition) is 0. The fourth-order valence-corrected chi connectivity index (χ4v) is 4.99. The predicted octanol–water partition coefficient (Wildman–Crippen LogP) is 5.81. The highest BCUT2D eigenvalue weighted by Gasteiger charge is 2.41. The highest BCUT2D eigenvalue weighted by atomic mass is 79.9. The first-order valence-corrected chi connectivity index (χ1v) is 11.7. The number of amidine groups is 1. The van der Waals surface area contributed by atoms with E-state index >= 15 is 0 Å². The minimum absolute atomic E-state index is 0.312. The number of anilines is 1. The molecule has 4 rings (SSSR count). The Hall–Kier alpha value is -2.51. The molecule has 5 nitrogen and oxygen atoms in total. The summed E-state index contributed by atoms with van der Waals surface area (Å²) in [5, 5.41) is 2.97. The normalized spacial score (nSPS) is 17.8. The second-order valence-electron chi connectivity index (χ2n) is 7.50. The molecule has 0 spiro atoms. The van der Waals surface area contributed by atoms with Crippen LogP contribution >= 0.6 is 27.7 Å². The first kappa shape index (κ1) is 21.7. The molecule has 2 aliphatic heterocycles. The monoisotopic (exact) mass is 497 g/mol. The van der Waals surface area contributed by atoms with Crippen molar-refractivity contribution in [2.24, 2.45) is 4.99 Å². The maximum absolute atomic E-state index is 13.0. The Morgan fingerprint density at radius 1 is 1.16 bits per heavy atom. The number of aliphatic imine (C=N–C) groups is 1. The number of fused-ring (bicyclic) bond motifs is 1. The zero-order valence-corrected chi connectivity index (χ0v) is 20.3. The van der Waals surface area contributed by atoms with Gasteiger partial charge in [-0.2, -0.15) is 0 Å². The topological polar surface area (TPSA) is 45.1 Å². The summed E-state index contributed by atoms with van der Waals surface area (Å²) < 4.78 is 6.46. The summed E-state index contributed by atoms with van der Waals surface area (Å²) in [6.45, 7) is 4.03. The summed E-state index contributed by atoms with van der Waals surface area (Å²) in [7, 11) is 4.03. The zero-order valence-electron chi connectivity index (χ0n) is 17.9. The lowest BCUT2D eigenvalue weighted by Gasteiger charge is -2.36. The van der Waals surface area contributed by atoms with Crippen molar-refractivity contribution in [2.75, 3.05) is 25.6 Å². The molecule has 0 aromatic heterocycles. The molecule has 0 aliphatic carbocycles. The van der Waals surface area contributed by atoms with Crippen LogP contribution in [0.5, 0.6) is 0 Å². The van der Waals surface area contributed by atoms with Gasteiger partial charge in [0.25, 0.3) is 0 Å². The number of esters is 1. The first-order chi connectivity index (χ1) is 14.9. The van der Waals surface area contributed by atoms with E-state index in [2.05, 4.69) is 67.5 Å². The maximum Gasteiger partial charge on any atom is 0.338 e. The summed E-state index contributed by atoms with van der Waals surface area (Å²) in [6, 6.07) is 16.2. The number of carbonyl (C=O) groups excluding carboxylic acids is 1. The quantitative estimate of drug-likeness (QED) is 0.487. The van der Waals surface area contributed by atoms with Crippen LogP contribution in [0.4, 0.5) is 5.69 Å². The Balaban J connectivity index is 1.83. The fourth-order valence-electron chi connectivity index (χ4n) is 3.75. The molecule has 0 amide bonds. The third kappa shape index (κ3) is 4.16. The van der Waals surface area contributed by atoms with Crippen LogP contribution in [0, 0.1) is 0 Å². The lowest BCUT2D eigenvalue weighted by Crippen LogP contribution is -2.36. The molecule has 31 heavy (non-hydrogen) atoms. The number of rotatable bonds is 5. The van der Waals surface area contributed by atoms with Gasteiger partial charge in [-0.1, -0.05) is 52.0 Å². The number of nitrogens with zero attached hydrogens (tertiary/aromatic N) is 3. The molecule has 0 bridgehead atoms. The summed E-state index contributed by atoms with van der Waals surface area (Å²) in [5.74, 6) is -0.323. The largest absolute Gasteiger partial charge is 0.463 e. The molecule has 1 atom stereocenters. The van der Waals surface area contributed by atoms with E-state index in [1.165, 1.54) is 0 Å². The molecule has 2 heterocycles. The van der Waals surface area contributed by atoms with Crippen molar-refractivity contribution in [1.29, 1.82) is 0 Å². The van der Waals surface area contributed by atoms with E-state index in [0.29, 0.717) is 17.9 Å². The summed E-state index contributed by atoms with van der Waals surface area (Å²) in [4.78, 5) is 22.0. The van der Waals surface area contributed by atoms with Crippen molar-refractivity contribution in [2.45, 2.75) is 19.9 Å². The van der Waals surface area contributed by atoms with E-state index in [4.69, 9.17) is 9.73 Å². The third-order valence-corrected chi connectivity index (χ3v) is 6.66. The van der Waals surface area contributed by atoms with Crippen molar-refractivity contribution < 1.29 is 9.53 Å². The Bertz CT molecular complexity index is 1090. The minimum Gasteiger partial charge on any atom is -0.463 e. The predicted molar refractivity (Wildman–Crippen MR) is 132 cm³/mol. The van der Waals surface area contributed by atoms with Crippen LogP contribution in [0.15, 0.2) is 74.7 Å². The van der Waals surface area contributed by atoms with Gasteiger partial charge in [-0.3, -0.25) is 0 Å². The second kappa shape index (κ2) is 8.93. The lowest BCUT2D eigenvalue weighted by atomic mass is 9.93. The zero-order chi connectivity index (χ0) is 22.1. The number of allylic oxidation sites excluding steroid dienone is 1. The molecule has 160 valence electrons. The van der Waals surface area contributed by atoms with Crippen molar-refractivity contribution >= 4 is 50.2 Å². The average molecular weight is 498 g/mol. The van der Waals surface area contributed by atoms with E-state index in [9.17, 15) is 4.79 Å². The van der Waals surface area contributed by atoms with Crippen LogP contribution in [-0.2, 0) is 9.53 Å². The number of ether oxygens (including phenoxy) is 1. The standard InChI is InChI=1S/C24H24BrN3O2S/c1-5-30-23(29)21-15(2)26-24-28(20(14-31-24)16-6-10-18(25)11-7-16)22(21)17-8-12-19(13-9-17)27(3)4/h6-14,22H,5H2,1-4H3/t22-/m1/s1.